The molecule has 2 aromatic rings. The van der Waals surface area contributed by atoms with Gasteiger partial charge in [0.05, 0.1) is 7.11 Å². The van der Waals surface area contributed by atoms with E-state index in [1.165, 1.54) is 12.1 Å². The maximum Gasteiger partial charge on any atom is 0.573 e. The van der Waals surface area contributed by atoms with E-state index in [1.54, 1.807) is 18.2 Å². The highest BCUT2D eigenvalue weighted by Crippen LogP contribution is 2.31. The summed E-state index contributed by atoms with van der Waals surface area (Å²) in [5, 5.41) is 2.42. The Labute approximate surface area is 141 Å². The average molecular weight is 353 g/mol. The van der Waals surface area contributed by atoms with Gasteiger partial charge in [0.2, 0.25) is 0 Å². The number of anilines is 1. The third-order valence-electron chi connectivity index (χ3n) is 3.19. The second-order valence-electron chi connectivity index (χ2n) is 5.07. The summed E-state index contributed by atoms with van der Waals surface area (Å²) in [5.41, 5.74) is 2.27. The number of halogens is 3. The number of benzene rings is 2. The Kier molecular flexibility index (Phi) is 5.31. The summed E-state index contributed by atoms with van der Waals surface area (Å²) < 4.78 is 44.8. The quantitative estimate of drug-likeness (QED) is 0.675. The van der Waals surface area contributed by atoms with Crippen LogP contribution in [0.3, 0.4) is 0 Å². The number of hydrogen-bond donors (Lipinski definition) is 1. The summed E-state index contributed by atoms with van der Waals surface area (Å²) >= 11 is 0. The largest absolute Gasteiger partial charge is 0.573 e. The number of esters is 1. The van der Waals surface area contributed by atoms with Crippen molar-refractivity contribution in [1.29, 1.82) is 0 Å². The van der Waals surface area contributed by atoms with Crippen molar-refractivity contribution >= 4 is 17.6 Å². The Morgan fingerprint density at radius 3 is 2.24 bits per heavy atom. The topological polar surface area (TPSA) is 64.6 Å². The van der Waals surface area contributed by atoms with E-state index < -0.39 is 18.2 Å². The van der Waals surface area contributed by atoms with E-state index in [2.05, 4.69) is 14.8 Å². The lowest BCUT2D eigenvalue weighted by Gasteiger charge is -2.13. The van der Waals surface area contributed by atoms with E-state index in [4.69, 9.17) is 0 Å². The predicted octanol–water partition coefficient (Wildman–Crippen LogP) is 3.67. The summed E-state index contributed by atoms with van der Waals surface area (Å²) in [7, 11) is 1.08. The first-order valence-electron chi connectivity index (χ1n) is 7.06. The Balaban J connectivity index is 2.33. The number of methoxy groups -OCH3 is 1. The fourth-order valence-corrected chi connectivity index (χ4v) is 2.11. The van der Waals surface area contributed by atoms with E-state index in [-0.39, 0.29) is 5.75 Å². The Bertz CT molecular complexity index is 785. The van der Waals surface area contributed by atoms with Gasteiger partial charge in [0, 0.05) is 11.3 Å². The SMILES string of the molecule is COC(=O)C(=O)Nc1ccc(C)cc1-c1ccc(OC(F)(F)F)cc1. The molecule has 132 valence electrons. The summed E-state index contributed by atoms with van der Waals surface area (Å²) in [6.07, 6.45) is -4.77. The Hall–Kier alpha value is -3.03. The molecule has 0 aliphatic carbocycles. The molecule has 0 saturated heterocycles. The van der Waals surface area contributed by atoms with Crippen LogP contribution >= 0.6 is 0 Å². The van der Waals surface area contributed by atoms with Gasteiger partial charge in [-0.05, 0) is 36.8 Å². The third-order valence-corrected chi connectivity index (χ3v) is 3.19. The standard InChI is InChI=1S/C17H14F3NO4/c1-10-3-8-14(21-15(22)16(23)24-2)13(9-10)11-4-6-12(7-5-11)25-17(18,19)20/h3-9H,1-2H3,(H,21,22). The first kappa shape index (κ1) is 18.3. The van der Waals surface area contributed by atoms with Gasteiger partial charge in [-0.3, -0.25) is 4.79 Å². The van der Waals surface area contributed by atoms with Crippen LogP contribution in [0.5, 0.6) is 5.75 Å². The molecule has 0 unspecified atom stereocenters. The van der Waals surface area contributed by atoms with Gasteiger partial charge in [0.15, 0.2) is 0 Å². The zero-order chi connectivity index (χ0) is 18.6. The lowest BCUT2D eigenvalue weighted by Crippen LogP contribution is -2.24. The fourth-order valence-electron chi connectivity index (χ4n) is 2.11. The second kappa shape index (κ2) is 7.25. The summed E-state index contributed by atoms with van der Waals surface area (Å²) in [5.74, 6) is -2.37. The van der Waals surface area contributed by atoms with Crippen molar-refractivity contribution in [2.45, 2.75) is 13.3 Å². The number of ether oxygens (including phenoxy) is 2. The van der Waals surface area contributed by atoms with E-state index in [0.717, 1.165) is 24.8 Å². The molecule has 0 radical (unpaired) electrons. The average Bonchev–Trinajstić information content (AvgIpc) is 2.55. The van der Waals surface area contributed by atoms with Gasteiger partial charge < -0.3 is 14.8 Å². The summed E-state index contributed by atoms with van der Waals surface area (Å²) in [6.45, 7) is 1.82. The van der Waals surface area contributed by atoms with Crippen molar-refractivity contribution in [2.75, 3.05) is 12.4 Å². The molecule has 0 heterocycles. The van der Waals surface area contributed by atoms with Crippen molar-refractivity contribution < 1.29 is 32.2 Å². The highest BCUT2D eigenvalue weighted by molar-refractivity contribution is 6.37. The van der Waals surface area contributed by atoms with Crippen molar-refractivity contribution in [3.8, 4) is 16.9 Å². The van der Waals surface area contributed by atoms with Gasteiger partial charge in [-0.2, -0.15) is 0 Å². The molecule has 0 atom stereocenters. The molecule has 2 aromatic carbocycles. The Morgan fingerprint density at radius 1 is 1.04 bits per heavy atom. The van der Waals surface area contributed by atoms with Gasteiger partial charge in [-0.1, -0.05) is 23.8 Å². The van der Waals surface area contributed by atoms with E-state index in [1.807, 2.05) is 6.92 Å². The maximum atomic E-state index is 12.2. The first-order chi connectivity index (χ1) is 11.7. The normalized spacial score (nSPS) is 10.9. The van der Waals surface area contributed by atoms with Gasteiger partial charge in [0.25, 0.3) is 0 Å². The van der Waals surface area contributed by atoms with Crippen molar-refractivity contribution in [3.05, 3.63) is 48.0 Å². The third kappa shape index (κ3) is 4.97. The molecule has 0 aliphatic rings. The Morgan fingerprint density at radius 2 is 1.68 bits per heavy atom. The van der Waals surface area contributed by atoms with Gasteiger partial charge >= 0.3 is 18.2 Å². The van der Waals surface area contributed by atoms with E-state index in [9.17, 15) is 22.8 Å². The van der Waals surface area contributed by atoms with Crippen molar-refractivity contribution in [1.82, 2.24) is 0 Å². The molecule has 8 heteroatoms. The van der Waals surface area contributed by atoms with Crippen LogP contribution in [0.2, 0.25) is 0 Å². The fraction of sp³-hybridized carbons (Fsp3) is 0.176. The number of carbonyl (C=O) groups is 2. The van der Waals surface area contributed by atoms with Crippen molar-refractivity contribution in [2.24, 2.45) is 0 Å². The lowest BCUT2D eigenvalue weighted by molar-refractivity contribution is -0.274. The van der Waals surface area contributed by atoms with Gasteiger partial charge in [-0.15, -0.1) is 13.2 Å². The molecule has 0 bridgehead atoms. The van der Waals surface area contributed by atoms with Crippen LogP contribution in [-0.2, 0) is 14.3 Å². The first-order valence-corrected chi connectivity index (χ1v) is 7.06. The summed E-state index contributed by atoms with van der Waals surface area (Å²) in [4.78, 5) is 22.9. The minimum absolute atomic E-state index is 0.325. The predicted molar refractivity (Wildman–Crippen MR) is 83.9 cm³/mol. The molecule has 0 aromatic heterocycles. The molecule has 0 aliphatic heterocycles. The molecule has 2 rings (SSSR count). The molecule has 0 fully saturated rings. The summed E-state index contributed by atoms with van der Waals surface area (Å²) in [6, 6.07) is 10.2. The molecule has 1 amide bonds. The smallest absolute Gasteiger partial charge is 0.462 e. The monoisotopic (exact) mass is 353 g/mol. The zero-order valence-corrected chi connectivity index (χ0v) is 13.3. The number of carbonyl (C=O) groups excluding carboxylic acids is 2. The molecule has 0 spiro atoms. The van der Waals surface area contributed by atoms with Gasteiger partial charge in [-0.25, -0.2) is 4.79 Å². The van der Waals surface area contributed by atoms with Crippen LogP contribution in [0, 0.1) is 6.92 Å². The number of hydrogen-bond acceptors (Lipinski definition) is 4. The highest BCUT2D eigenvalue weighted by atomic mass is 19.4. The number of rotatable bonds is 3. The molecule has 1 N–H and O–H groups in total. The van der Waals surface area contributed by atoms with E-state index in [0.29, 0.717) is 16.8 Å². The zero-order valence-electron chi connectivity index (χ0n) is 13.3. The minimum atomic E-state index is -4.77. The highest BCUT2D eigenvalue weighted by Gasteiger charge is 2.31. The van der Waals surface area contributed by atoms with Crippen LogP contribution < -0.4 is 10.1 Å². The molecule has 25 heavy (non-hydrogen) atoms. The maximum absolute atomic E-state index is 12.2. The van der Waals surface area contributed by atoms with Crippen LogP contribution in [-0.4, -0.2) is 25.3 Å². The molecule has 0 saturated carbocycles. The molecule has 5 nitrogen and oxygen atoms in total. The van der Waals surface area contributed by atoms with Gasteiger partial charge in [0.1, 0.15) is 5.75 Å². The number of nitrogens with one attached hydrogen (secondary N) is 1. The number of alkyl halides is 3. The van der Waals surface area contributed by atoms with Crippen molar-refractivity contribution in [3.63, 3.8) is 0 Å². The van der Waals surface area contributed by atoms with Crippen LogP contribution in [0.25, 0.3) is 11.1 Å². The second-order valence-corrected chi connectivity index (χ2v) is 5.07. The molecular formula is C17H14F3NO4. The van der Waals surface area contributed by atoms with Crippen LogP contribution in [0.4, 0.5) is 18.9 Å². The molecular weight excluding hydrogens is 339 g/mol. The lowest BCUT2D eigenvalue weighted by atomic mass is 10.0. The number of aryl methyl sites for hydroxylation is 1. The van der Waals surface area contributed by atoms with E-state index >= 15 is 0 Å². The minimum Gasteiger partial charge on any atom is -0.462 e. The van der Waals surface area contributed by atoms with Crippen LogP contribution in [0.15, 0.2) is 42.5 Å². The number of amides is 1. The van der Waals surface area contributed by atoms with Crippen LogP contribution in [0.1, 0.15) is 5.56 Å².